The van der Waals surface area contributed by atoms with Crippen molar-refractivity contribution >= 4 is 35.4 Å². The zero-order valence-electron chi connectivity index (χ0n) is 26.8. The second kappa shape index (κ2) is 21.3. The number of carbonyl (C=O) groups is 4. The van der Waals surface area contributed by atoms with Crippen molar-refractivity contribution < 1.29 is 49.1 Å². The molecule has 0 bridgehead atoms. The third-order valence-corrected chi connectivity index (χ3v) is 8.11. The molecule has 1 rings (SSSR count). The third kappa shape index (κ3) is 15.2. The zero-order chi connectivity index (χ0) is 34.8. The van der Waals surface area contributed by atoms with Crippen molar-refractivity contribution in [3.63, 3.8) is 0 Å². The Morgan fingerprint density at radius 2 is 1.65 bits per heavy atom. The SMILES string of the molecule is CC/C=C/[C@@H](OC(N)=O)[C@@H](C)[C@H](O)CC(=O)[C@@H](O)[C@H](O)[C@H](C)/C(Cl)=C/C=C/C=C(C)/C=C/C=C/C(=O)O[C@H]1CCC[C@H](C(=O)O)C1. The summed E-state index contributed by atoms with van der Waals surface area (Å²) in [6, 6.07) is 0. The van der Waals surface area contributed by atoms with Gasteiger partial charge in [-0.05, 0) is 51.2 Å². The van der Waals surface area contributed by atoms with Gasteiger partial charge in [0.25, 0.3) is 0 Å². The van der Waals surface area contributed by atoms with Crippen LogP contribution in [0.15, 0.2) is 71.4 Å². The molecule has 0 unspecified atom stereocenters. The van der Waals surface area contributed by atoms with Crippen molar-refractivity contribution in [1.29, 1.82) is 0 Å². The van der Waals surface area contributed by atoms with Crippen molar-refractivity contribution in [2.45, 2.75) is 96.7 Å². The molecule has 1 aliphatic carbocycles. The van der Waals surface area contributed by atoms with Gasteiger partial charge in [-0.15, -0.1) is 0 Å². The van der Waals surface area contributed by atoms with Gasteiger partial charge in [-0.25, -0.2) is 9.59 Å². The van der Waals surface area contributed by atoms with E-state index in [-0.39, 0.29) is 5.03 Å². The molecule has 0 aromatic carbocycles. The van der Waals surface area contributed by atoms with Gasteiger partial charge in [-0.1, -0.05) is 80.5 Å². The molecule has 0 aromatic rings. The second-order valence-corrected chi connectivity index (χ2v) is 11.8. The van der Waals surface area contributed by atoms with Gasteiger partial charge in [0, 0.05) is 29.4 Å². The maximum atomic E-state index is 12.6. The van der Waals surface area contributed by atoms with Crippen LogP contribution in [0.5, 0.6) is 0 Å². The number of hydrogen-bond donors (Lipinski definition) is 5. The van der Waals surface area contributed by atoms with Crippen LogP contribution in [0.4, 0.5) is 4.79 Å². The summed E-state index contributed by atoms with van der Waals surface area (Å²) in [5.41, 5.74) is 5.94. The first kappa shape index (κ1) is 40.5. The van der Waals surface area contributed by atoms with Crippen LogP contribution < -0.4 is 5.73 Å². The summed E-state index contributed by atoms with van der Waals surface area (Å²) < 4.78 is 10.4. The van der Waals surface area contributed by atoms with E-state index in [1.54, 1.807) is 56.4 Å². The lowest BCUT2D eigenvalue weighted by atomic mass is 9.87. The lowest BCUT2D eigenvalue weighted by Gasteiger charge is -2.27. The Hall–Kier alpha value is -3.51. The minimum absolute atomic E-state index is 0.180. The first-order valence-corrected chi connectivity index (χ1v) is 15.7. The fourth-order valence-corrected chi connectivity index (χ4v) is 4.87. The first-order chi connectivity index (χ1) is 21.7. The number of esters is 1. The summed E-state index contributed by atoms with van der Waals surface area (Å²) in [6.07, 6.45) is 11.6. The van der Waals surface area contributed by atoms with Gasteiger partial charge in [0.05, 0.1) is 18.1 Å². The number of ketones is 1. The number of aliphatic carboxylic acids is 1. The van der Waals surface area contributed by atoms with E-state index < -0.39 is 78.5 Å². The number of carboxylic acids is 1. The molecular weight excluding hydrogens is 618 g/mol. The molecule has 0 radical (unpaired) electrons. The molecule has 0 aliphatic heterocycles. The van der Waals surface area contributed by atoms with Crippen molar-refractivity contribution in [3.8, 4) is 0 Å². The number of aliphatic hydroxyl groups is 3. The van der Waals surface area contributed by atoms with Gasteiger partial charge in [0.15, 0.2) is 5.78 Å². The van der Waals surface area contributed by atoms with Gasteiger partial charge >= 0.3 is 18.0 Å². The molecule has 1 fully saturated rings. The van der Waals surface area contributed by atoms with Gasteiger partial charge in [-0.2, -0.15) is 0 Å². The van der Waals surface area contributed by atoms with Crippen LogP contribution in [0.3, 0.4) is 0 Å². The van der Waals surface area contributed by atoms with Gasteiger partial charge in [0.1, 0.15) is 18.3 Å². The molecule has 1 amide bonds. The minimum atomic E-state index is -1.81. The van der Waals surface area contributed by atoms with Crippen molar-refractivity contribution in [2.24, 2.45) is 23.5 Å². The Bertz CT molecular complexity index is 1200. The number of allylic oxidation sites excluding steroid dienone is 9. The standard InChI is InChI=1S/C34H48ClNO10/c1-5-6-17-29(46-34(36)44)23(4)27(37)20-28(38)32(41)31(40)22(3)26(35)16-9-7-12-21(2)13-8-10-18-30(39)45-25-15-11-14-24(19-25)33(42)43/h6-10,12-13,16-18,22-25,27,29,31-32,37,40-41H,5,11,14-15,19-20H2,1-4H3,(H2,36,44)(H,42,43)/b9-7+,13-8+,17-6+,18-10+,21-12+,26-16-/t22-,23+,24+,25+,27-,29-,31-,32-/m1/s1. The van der Waals surface area contributed by atoms with Crippen molar-refractivity contribution in [3.05, 3.63) is 71.4 Å². The van der Waals surface area contributed by atoms with Crippen molar-refractivity contribution in [2.75, 3.05) is 0 Å². The number of amides is 1. The third-order valence-electron chi connectivity index (χ3n) is 7.64. The molecule has 8 atom stereocenters. The topological polar surface area (TPSA) is 194 Å². The van der Waals surface area contributed by atoms with E-state index >= 15 is 0 Å². The Kier molecular flexibility index (Phi) is 18.8. The average molecular weight is 666 g/mol. The summed E-state index contributed by atoms with van der Waals surface area (Å²) >= 11 is 6.30. The number of aliphatic hydroxyl groups excluding tert-OH is 3. The Balaban J connectivity index is 2.63. The average Bonchev–Trinajstić information content (AvgIpc) is 3.01. The first-order valence-electron chi connectivity index (χ1n) is 15.4. The van der Waals surface area contributed by atoms with Crippen molar-refractivity contribution in [1.82, 2.24) is 0 Å². The molecule has 0 heterocycles. The highest BCUT2D eigenvalue weighted by molar-refractivity contribution is 6.30. The van der Waals surface area contributed by atoms with Crippen LogP contribution in [0, 0.1) is 17.8 Å². The fourth-order valence-electron chi connectivity index (χ4n) is 4.67. The predicted molar refractivity (Wildman–Crippen MR) is 174 cm³/mol. The molecule has 0 spiro atoms. The number of carbonyl (C=O) groups excluding carboxylic acids is 3. The lowest BCUT2D eigenvalue weighted by Crippen LogP contribution is -2.42. The van der Waals surface area contributed by atoms with Crippen LogP contribution in [0.25, 0.3) is 0 Å². The highest BCUT2D eigenvalue weighted by Gasteiger charge is 2.34. The smallest absolute Gasteiger partial charge is 0.405 e. The number of nitrogens with two attached hydrogens (primary N) is 1. The number of rotatable bonds is 18. The van der Waals surface area contributed by atoms with Crippen LogP contribution in [-0.4, -0.2) is 74.8 Å². The Morgan fingerprint density at radius 3 is 2.28 bits per heavy atom. The number of hydrogen-bond acceptors (Lipinski definition) is 9. The lowest BCUT2D eigenvalue weighted by molar-refractivity contribution is -0.151. The van der Waals surface area contributed by atoms with Gasteiger partial charge in [0.2, 0.25) is 0 Å². The zero-order valence-corrected chi connectivity index (χ0v) is 27.6. The van der Waals surface area contributed by atoms with E-state index in [9.17, 15) is 34.5 Å². The number of halogens is 1. The fraction of sp³-hybridized carbons (Fsp3) is 0.529. The monoisotopic (exact) mass is 665 g/mol. The maximum Gasteiger partial charge on any atom is 0.405 e. The van der Waals surface area contributed by atoms with Gasteiger partial charge < -0.3 is 35.6 Å². The molecule has 6 N–H and O–H groups in total. The maximum absolute atomic E-state index is 12.6. The largest absolute Gasteiger partial charge is 0.481 e. The van der Waals surface area contributed by atoms with E-state index in [4.69, 9.17) is 31.9 Å². The Labute approximate surface area is 275 Å². The van der Waals surface area contributed by atoms with E-state index in [0.29, 0.717) is 32.1 Å². The van der Waals surface area contributed by atoms with Crippen LogP contribution in [0.1, 0.15) is 66.2 Å². The van der Waals surface area contributed by atoms with Crippen LogP contribution in [0.2, 0.25) is 0 Å². The van der Waals surface area contributed by atoms with Crippen LogP contribution in [-0.2, 0) is 23.9 Å². The summed E-state index contributed by atoms with van der Waals surface area (Å²) in [7, 11) is 0. The van der Waals surface area contributed by atoms with E-state index in [2.05, 4.69) is 0 Å². The number of ether oxygens (including phenoxy) is 2. The molecule has 1 aliphatic rings. The van der Waals surface area contributed by atoms with E-state index in [0.717, 1.165) is 5.57 Å². The minimum Gasteiger partial charge on any atom is -0.481 e. The highest BCUT2D eigenvalue weighted by Crippen LogP contribution is 2.27. The predicted octanol–water partition coefficient (Wildman–Crippen LogP) is 4.65. The summed E-state index contributed by atoms with van der Waals surface area (Å²) in [5.74, 6) is -4.20. The molecule has 0 saturated heterocycles. The molecule has 256 valence electrons. The summed E-state index contributed by atoms with van der Waals surface area (Å²) in [4.78, 5) is 47.0. The number of carboxylic acid groups (broad SMARTS) is 1. The normalized spacial score (nSPS) is 22.1. The molecule has 11 nitrogen and oxygen atoms in total. The van der Waals surface area contributed by atoms with E-state index in [1.165, 1.54) is 18.2 Å². The van der Waals surface area contributed by atoms with E-state index in [1.807, 2.05) is 13.8 Å². The quantitative estimate of drug-likeness (QED) is 0.0595. The molecule has 1 saturated carbocycles. The second-order valence-electron chi connectivity index (χ2n) is 11.4. The molecule has 0 aromatic heterocycles. The number of primary amides is 1. The summed E-state index contributed by atoms with van der Waals surface area (Å²) in [5, 5.41) is 40.9. The van der Waals surface area contributed by atoms with Gasteiger partial charge in [-0.3, -0.25) is 9.59 Å². The molecular formula is C34H48ClNO10. The summed E-state index contributed by atoms with van der Waals surface area (Å²) in [6.45, 7) is 6.81. The van der Waals surface area contributed by atoms with Crippen LogP contribution >= 0.6 is 11.6 Å². The highest BCUT2D eigenvalue weighted by atomic mass is 35.5. The Morgan fingerprint density at radius 1 is 1.00 bits per heavy atom. The number of Topliss-reactive ketones (excluding diaryl/α,β-unsaturated/α-hetero) is 1. The molecule has 46 heavy (non-hydrogen) atoms. The molecule has 12 heteroatoms.